The summed E-state index contributed by atoms with van der Waals surface area (Å²) in [5, 5.41) is 17.6. The van der Waals surface area contributed by atoms with E-state index in [1.165, 1.54) is 25.7 Å². The van der Waals surface area contributed by atoms with Gasteiger partial charge in [0.05, 0.1) is 0 Å². The van der Waals surface area contributed by atoms with Gasteiger partial charge in [-0.05, 0) is 44.9 Å². The second-order valence-electron chi connectivity index (χ2n) is 5.52. The molecule has 0 fully saturated rings. The first-order valence-electron chi connectivity index (χ1n) is 8.69. The molecule has 0 aromatic rings. The number of aliphatic hydroxyl groups excluding tert-OH is 1. The third kappa shape index (κ3) is 16.6. The number of aliphatic carboxylic acids is 1. The van der Waals surface area contributed by atoms with Crippen LogP contribution in [0.1, 0.15) is 64.7 Å². The first kappa shape index (κ1) is 21.4. The Kier molecular flexibility index (Phi) is 15.6. The van der Waals surface area contributed by atoms with Gasteiger partial charge >= 0.3 is 5.97 Å². The summed E-state index contributed by atoms with van der Waals surface area (Å²) in [6.45, 7) is 2.22. The maximum atomic E-state index is 10.4. The van der Waals surface area contributed by atoms with E-state index in [9.17, 15) is 4.79 Å². The minimum Gasteiger partial charge on any atom is -0.479 e. The van der Waals surface area contributed by atoms with Gasteiger partial charge in [0.1, 0.15) is 0 Å². The number of carboxylic acid groups (broad SMARTS) is 1. The van der Waals surface area contributed by atoms with E-state index in [4.69, 9.17) is 10.2 Å². The summed E-state index contributed by atoms with van der Waals surface area (Å²) in [6, 6.07) is 0. The number of unbranched alkanes of at least 4 members (excludes halogenated alkanes) is 3. The Bertz CT molecular complexity index is 392. The van der Waals surface area contributed by atoms with E-state index in [0.717, 1.165) is 19.3 Å². The third-order valence-corrected chi connectivity index (χ3v) is 3.35. The second-order valence-corrected chi connectivity index (χ2v) is 5.52. The molecule has 0 bridgehead atoms. The molecule has 0 rings (SSSR count). The fraction of sp³-hybridized carbons (Fsp3) is 0.550. The number of hydrogen-bond acceptors (Lipinski definition) is 2. The number of hydrogen-bond donors (Lipinski definition) is 2. The van der Waals surface area contributed by atoms with Crippen molar-refractivity contribution in [3.8, 4) is 0 Å². The molecule has 0 saturated heterocycles. The molecule has 0 aromatic heterocycles. The van der Waals surface area contributed by atoms with Gasteiger partial charge in [0.25, 0.3) is 0 Å². The smallest absolute Gasteiger partial charge is 0.332 e. The Morgan fingerprint density at radius 1 is 0.826 bits per heavy atom. The SMILES string of the molecule is CCCCCC=CCC=CCC=CCC=CCC[C@H](O)C(=O)O. The second kappa shape index (κ2) is 16.8. The first-order chi connectivity index (χ1) is 11.2. The van der Waals surface area contributed by atoms with Crippen molar-refractivity contribution < 1.29 is 15.0 Å². The standard InChI is InChI=1S/C20H32O3/c1-2-3-4-5-6-7-8-9-10-11-12-13-14-15-16-17-18-19(21)20(22)23/h6-7,9-10,12-13,15-16,19,21H,2-5,8,11,14,17-18H2,1H3,(H,22,23)/t19-/m0/s1. The topological polar surface area (TPSA) is 57.5 Å². The van der Waals surface area contributed by atoms with Crippen LogP contribution in [0.25, 0.3) is 0 Å². The quantitative estimate of drug-likeness (QED) is 0.342. The molecule has 0 heterocycles. The minimum atomic E-state index is -1.25. The van der Waals surface area contributed by atoms with Crippen LogP contribution in [0.2, 0.25) is 0 Å². The summed E-state index contributed by atoms with van der Waals surface area (Å²) in [5.41, 5.74) is 0. The van der Waals surface area contributed by atoms with E-state index in [1.807, 2.05) is 12.2 Å². The summed E-state index contributed by atoms with van der Waals surface area (Å²) < 4.78 is 0. The van der Waals surface area contributed by atoms with Gasteiger partial charge in [0, 0.05) is 0 Å². The molecule has 0 spiro atoms. The van der Waals surface area contributed by atoms with Gasteiger partial charge in [-0.25, -0.2) is 4.79 Å². The Balaban J connectivity index is 3.49. The van der Waals surface area contributed by atoms with Crippen LogP contribution in [0, 0.1) is 0 Å². The largest absolute Gasteiger partial charge is 0.479 e. The van der Waals surface area contributed by atoms with Crippen LogP contribution in [-0.2, 0) is 4.79 Å². The molecule has 0 unspecified atom stereocenters. The average Bonchev–Trinajstić information content (AvgIpc) is 2.54. The van der Waals surface area contributed by atoms with Crippen molar-refractivity contribution in [1.82, 2.24) is 0 Å². The van der Waals surface area contributed by atoms with Crippen molar-refractivity contribution in [3.63, 3.8) is 0 Å². The van der Waals surface area contributed by atoms with Gasteiger partial charge in [0.2, 0.25) is 0 Å². The highest BCUT2D eigenvalue weighted by molar-refractivity contribution is 5.71. The highest BCUT2D eigenvalue weighted by Crippen LogP contribution is 2.01. The Hall–Kier alpha value is -1.61. The van der Waals surface area contributed by atoms with Crippen LogP contribution in [0.5, 0.6) is 0 Å². The molecule has 0 aliphatic rings. The van der Waals surface area contributed by atoms with Crippen LogP contribution in [-0.4, -0.2) is 22.3 Å². The lowest BCUT2D eigenvalue weighted by atomic mass is 10.2. The Labute approximate surface area is 141 Å². The van der Waals surface area contributed by atoms with E-state index in [0.29, 0.717) is 6.42 Å². The van der Waals surface area contributed by atoms with Gasteiger partial charge in [-0.3, -0.25) is 0 Å². The summed E-state index contributed by atoms with van der Waals surface area (Å²) >= 11 is 0. The first-order valence-corrected chi connectivity index (χ1v) is 8.69. The summed E-state index contributed by atoms with van der Waals surface area (Å²) in [7, 11) is 0. The van der Waals surface area contributed by atoms with E-state index >= 15 is 0 Å². The maximum absolute atomic E-state index is 10.4. The van der Waals surface area contributed by atoms with Crippen LogP contribution in [0.3, 0.4) is 0 Å². The van der Waals surface area contributed by atoms with Gasteiger partial charge in [-0.15, -0.1) is 0 Å². The van der Waals surface area contributed by atoms with Crippen molar-refractivity contribution in [2.45, 2.75) is 70.8 Å². The molecule has 130 valence electrons. The molecule has 0 aromatic carbocycles. The van der Waals surface area contributed by atoms with Crippen molar-refractivity contribution in [2.24, 2.45) is 0 Å². The van der Waals surface area contributed by atoms with E-state index < -0.39 is 12.1 Å². The van der Waals surface area contributed by atoms with Gasteiger partial charge < -0.3 is 10.2 Å². The monoisotopic (exact) mass is 320 g/mol. The third-order valence-electron chi connectivity index (χ3n) is 3.35. The van der Waals surface area contributed by atoms with Crippen molar-refractivity contribution in [2.75, 3.05) is 0 Å². The molecule has 2 N–H and O–H groups in total. The highest BCUT2D eigenvalue weighted by Gasteiger charge is 2.10. The fourth-order valence-electron chi connectivity index (χ4n) is 1.94. The van der Waals surface area contributed by atoms with Gasteiger partial charge in [0.15, 0.2) is 6.10 Å². The Morgan fingerprint density at radius 3 is 1.78 bits per heavy atom. The van der Waals surface area contributed by atoms with Crippen molar-refractivity contribution in [1.29, 1.82) is 0 Å². The lowest BCUT2D eigenvalue weighted by Gasteiger charge is -2.00. The number of rotatable bonds is 14. The molecule has 0 aliphatic carbocycles. The van der Waals surface area contributed by atoms with Gasteiger partial charge in [-0.1, -0.05) is 68.4 Å². The van der Waals surface area contributed by atoms with Crippen LogP contribution in [0.15, 0.2) is 48.6 Å². The van der Waals surface area contributed by atoms with Crippen molar-refractivity contribution >= 4 is 5.97 Å². The predicted molar refractivity (Wildman–Crippen MR) is 97.4 cm³/mol. The zero-order valence-corrected chi connectivity index (χ0v) is 14.4. The maximum Gasteiger partial charge on any atom is 0.332 e. The molecule has 1 atom stereocenters. The summed E-state index contributed by atoms with van der Waals surface area (Å²) in [4.78, 5) is 10.4. The Morgan fingerprint density at radius 2 is 1.30 bits per heavy atom. The normalized spacial score (nSPS) is 13.8. The van der Waals surface area contributed by atoms with E-state index in [-0.39, 0.29) is 6.42 Å². The van der Waals surface area contributed by atoms with Crippen LogP contribution in [0.4, 0.5) is 0 Å². The molecule has 3 heteroatoms. The zero-order chi connectivity index (χ0) is 17.2. The summed E-state index contributed by atoms with van der Waals surface area (Å²) in [6.07, 6.45) is 24.4. The predicted octanol–water partition coefficient (Wildman–Crippen LogP) is 5.19. The van der Waals surface area contributed by atoms with Gasteiger partial charge in [-0.2, -0.15) is 0 Å². The molecule has 23 heavy (non-hydrogen) atoms. The average molecular weight is 320 g/mol. The van der Waals surface area contributed by atoms with Crippen LogP contribution >= 0.6 is 0 Å². The summed E-state index contributed by atoms with van der Waals surface area (Å²) in [5.74, 6) is -1.15. The molecule has 0 radical (unpaired) electrons. The highest BCUT2D eigenvalue weighted by atomic mass is 16.4. The van der Waals surface area contributed by atoms with E-state index in [1.54, 1.807) is 0 Å². The number of allylic oxidation sites excluding steroid dienone is 8. The van der Waals surface area contributed by atoms with E-state index in [2.05, 4.69) is 43.4 Å². The number of carbonyl (C=O) groups is 1. The molecule has 0 saturated carbocycles. The lowest BCUT2D eigenvalue weighted by Crippen LogP contribution is -2.18. The lowest BCUT2D eigenvalue weighted by molar-refractivity contribution is -0.146. The van der Waals surface area contributed by atoms with Crippen molar-refractivity contribution in [3.05, 3.63) is 48.6 Å². The number of carboxylic acids is 1. The fourth-order valence-corrected chi connectivity index (χ4v) is 1.94. The molecular weight excluding hydrogens is 288 g/mol. The molecule has 3 nitrogen and oxygen atoms in total. The minimum absolute atomic E-state index is 0.268. The molecule has 0 aliphatic heterocycles. The molecule has 0 amide bonds. The number of aliphatic hydroxyl groups is 1. The molecular formula is C20H32O3. The van der Waals surface area contributed by atoms with Crippen LogP contribution < -0.4 is 0 Å². The zero-order valence-electron chi connectivity index (χ0n) is 14.4.